The first-order chi connectivity index (χ1) is 11.1. The Morgan fingerprint density at radius 1 is 1.29 bits per heavy atom. The van der Waals surface area contributed by atoms with Gasteiger partial charge in [0.05, 0.1) is 23.1 Å². The van der Waals surface area contributed by atoms with Gasteiger partial charge in [0.2, 0.25) is 0 Å². The lowest BCUT2D eigenvalue weighted by molar-refractivity contribution is 0.418. The minimum atomic E-state index is -0.279. The van der Waals surface area contributed by atoms with E-state index in [9.17, 15) is 4.39 Å². The molecule has 0 fully saturated rings. The Hall–Kier alpha value is -2.25. The van der Waals surface area contributed by atoms with Gasteiger partial charge in [-0.05, 0) is 45.2 Å². The third kappa shape index (κ3) is 3.63. The van der Waals surface area contributed by atoms with Crippen molar-refractivity contribution >= 4 is 12.4 Å². The fourth-order valence-electron chi connectivity index (χ4n) is 2.28. The first-order valence-electron chi connectivity index (χ1n) is 7.39. The second-order valence-electron chi connectivity index (χ2n) is 5.44. The Morgan fingerprint density at radius 2 is 2.00 bits per heavy atom. The smallest absolute Gasteiger partial charge is 0.261 e. The molecule has 0 aliphatic rings. The molecule has 1 aromatic carbocycles. The Morgan fingerprint density at radius 3 is 2.67 bits per heavy atom. The molecule has 24 heavy (non-hydrogen) atoms. The summed E-state index contributed by atoms with van der Waals surface area (Å²) in [7, 11) is 1.89. The van der Waals surface area contributed by atoms with Crippen LogP contribution in [0, 0.1) is 12.7 Å². The predicted octanol–water partition coefficient (Wildman–Crippen LogP) is 2.94. The van der Waals surface area contributed by atoms with Crippen LogP contribution in [0.4, 0.5) is 4.39 Å². The quantitative estimate of drug-likeness (QED) is 0.765. The molecule has 1 unspecified atom stereocenters. The first kappa shape index (κ1) is 18.1. The Balaban J connectivity index is 0.00000208. The second kappa shape index (κ2) is 7.55. The molecule has 0 radical (unpaired) electrons. The van der Waals surface area contributed by atoms with Crippen molar-refractivity contribution in [1.82, 2.24) is 25.2 Å². The number of nitrogens with zero attached hydrogens (tertiary/aromatic N) is 4. The summed E-state index contributed by atoms with van der Waals surface area (Å²) in [5.41, 5.74) is 2.40. The van der Waals surface area contributed by atoms with Crippen LogP contribution in [0.1, 0.15) is 18.4 Å². The zero-order valence-corrected chi connectivity index (χ0v) is 14.5. The molecule has 0 spiro atoms. The van der Waals surface area contributed by atoms with E-state index in [1.165, 1.54) is 12.1 Å². The monoisotopic (exact) mass is 351 g/mol. The van der Waals surface area contributed by atoms with Crippen molar-refractivity contribution in [2.24, 2.45) is 0 Å². The Kier molecular flexibility index (Phi) is 5.69. The van der Waals surface area contributed by atoms with E-state index in [0.29, 0.717) is 18.1 Å². The summed E-state index contributed by atoms with van der Waals surface area (Å²) in [5.74, 6) is 0.809. The van der Waals surface area contributed by atoms with Gasteiger partial charge >= 0.3 is 0 Å². The van der Waals surface area contributed by atoms with E-state index in [-0.39, 0.29) is 24.3 Å². The number of nitrogens with one attached hydrogen (secondary N) is 1. The third-order valence-electron chi connectivity index (χ3n) is 3.76. The summed E-state index contributed by atoms with van der Waals surface area (Å²) in [6, 6.07) is 6.42. The zero-order chi connectivity index (χ0) is 16.4. The topological polar surface area (TPSA) is 68.8 Å². The SMILES string of the molecule is CNC(C)Cc1noc(-c2cnn(-c3ccc(F)cc3)c2C)n1.Cl. The van der Waals surface area contributed by atoms with E-state index in [0.717, 1.165) is 16.9 Å². The highest BCUT2D eigenvalue weighted by Crippen LogP contribution is 2.23. The van der Waals surface area contributed by atoms with E-state index in [4.69, 9.17) is 4.52 Å². The van der Waals surface area contributed by atoms with E-state index >= 15 is 0 Å². The molecule has 3 rings (SSSR count). The highest BCUT2D eigenvalue weighted by molar-refractivity contribution is 5.85. The van der Waals surface area contributed by atoms with Gasteiger partial charge in [-0.15, -0.1) is 12.4 Å². The molecule has 0 aliphatic carbocycles. The number of hydrogen-bond donors (Lipinski definition) is 1. The van der Waals surface area contributed by atoms with Crippen LogP contribution in [0.3, 0.4) is 0 Å². The van der Waals surface area contributed by atoms with Crippen molar-refractivity contribution in [3.63, 3.8) is 0 Å². The Labute approximate surface area is 145 Å². The van der Waals surface area contributed by atoms with E-state index in [1.807, 2.05) is 20.9 Å². The van der Waals surface area contributed by atoms with Gasteiger partial charge in [-0.2, -0.15) is 10.1 Å². The lowest BCUT2D eigenvalue weighted by atomic mass is 10.2. The second-order valence-corrected chi connectivity index (χ2v) is 5.44. The van der Waals surface area contributed by atoms with Gasteiger partial charge < -0.3 is 9.84 Å². The molecule has 0 saturated heterocycles. The first-order valence-corrected chi connectivity index (χ1v) is 7.39. The highest BCUT2D eigenvalue weighted by Gasteiger charge is 2.17. The maximum Gasteiger partial charge on any atom is 0.261 e. The average Bonchev–Trinajstić information content (AvgIpc) is 3.14. The predicted molar refractivity (Wildman–Crippen MR) is 91.0 cm³/mol. The van der Waals surface area contributed by atoms with E-state index in [1.54, 1.807) is 23.0 Å². The number of aromatic nitrogens is 4. The fraction of sp³-hybridized carbons (Fsp3) is 0.312. The number of benzene rings is 1. The van der Waals surface area contributed by atoms with Crippen LogP contribution in [0.2, 0.25) is 0 Å². The van der Waals surface area contributed by atoms with Crippen molar-refractivity contribution in [2.75, 3.05) is 7.05 Å². The summed E-state index contributed by atoms with van der Waals surface area (Å²) in [6.07, 6.45) is 2.36. The molecule has 0 aliphatic heterocycles. The van der Waals surface area contributed by atoms with Crippen molar-refractivity contribution < 1.29 is 8.91 Å². The summed E-state index contributed by atoms with van der Waals surface area (Å²) in [5, 5.41) is 11.5. The zero-order valence-electron chi connectivity index (χ0n) is 13.7. The largest absolute Gasteiger partial charge is 0.334 e. The highest BCUT2D eigenvalue weighted by atomic mass is 35.5. The van der Waals surface area contributed by atoms with Crippen molar-refractivity contribution in [3.8, 4) is 17.1 Å². The molecule has 2 heterocycles. The summed E-state index contributed by atoms with van der Waals surface area (Å²) >= 11 is 0. The molecule has 1 atom stereocenters. The van der Waals surface area contributed by atoms with Crippen LogP contribution in [0.5, 0.6) is 0 Å². The molecule has 0 saturated carbocycles. The molecule has 0 amide bonds. The summed E-state index contributed by atoms with van der Waals surface area (Å²) < 4.78 is 20.1. The van der Waals surface area contributed by atoms with E-state index < -0.39 is 0 Å². The third-order valence-corrected chi connectivity index (χ3v) is 3.76. The van der Waals surface area contributed by atoms with Crippen LogP contribution >= 0.6 is 12.4 Å². The molecule has 8 heteroatoms. The molecule has 0 bridgehead atoms. The molecule has 3 aromatic rings. The van der Waals surface area contributed by atoms with Crippen molar-refractivity contribution in [3.05, 3.63) is 47.8 Å². The van der Waals surface area contributed by atoms with Crippen LogP contribution < -0.4 is 5.32 Å². The van der Waals surface area contributed by atoms with Crippen LogP contribution in [-0.4, -0.2) is 33.0 Å². The van der Waals surface area contributed by atoms with Gasteiger partial charge in [0.25, 0.3) is 5.89 Å². The molecule has 128 valence electrons. The van der Waals surface area contributed by atoms with Gasteiger partial charge in [0.1, 0.15) is 5.82 Å². The van der Waals surface area contributed by atoms with Gasteiger partial charge in [-0.1, -0.05) is 5.16 Å². The van der Waals surface area contributed by atoms with Crippen molar-refractivity contribution in [2.45, 2.75) is 26.3 Å². The normalized spacial score (nSPS) is 12.0. The maximum atomic E-state index is 13.0. The van der Waals surface area contributed by atoms with Gasteiger partial charge in [-0.3, -0.25) is 0 Å². The molecule has 6 nitrogen and oxygen atoms in total. The van der Waals surface area contributed by atoms with Crippen molar-refractivity contribution in [1.29, 1.82) is 0 Å². The number of rotatable bonds is 5. The minimum Gasteiger partial charge on any atom is -0.334 e. The summed E-state index contributed by atoms with van der Waals surface area (Å²) in [4.78, 5) is 4.42. The number of hydrogen-bond acceptors (Lipinski definition) is 5. The lowest BCUT2D eigenvalue weighted by Gasteiger charge is -2.05. The van der Waals surface area contributed by atoms with Gasteiger partial charge in [-0.25, -0.2) is 9.07 Å². The molecular formula is C16H19ClFN5O. The van der Waals surface area contributed by atoms with Crippen LogP contribution in [0.25, 0.3) is 17.1 Å². The Bertz CT molecular complexity index is 799. The van der Waals surface area contributed by atoms with Gasteiger partial charge in [0, 0.05) is 12.5 Å². The number of likely N-dealkylation sites (N-methyl/N-ethyl adjacent to an activating group) is 1. The van der Waals surface area contributed by atoms with Crippen LogP contribution in [-0.2, 0) is 6.42 Å². The summed E-state index contributed by atoms with van der Waals surface area (Å²) in [6.45, 7) is 3.96. The number of halogens is 2. The average molecular weight is 352 g/mol. The lowest BCUT2D eigenvalue weighted by Crippen LogP contribution is -2.24. The molecular weight excluding hydrogens is 333 g/mol. The van der Waals surface area contributed by atoms with E-state index in [2.05, 4.69) is 20.6 Å². The molecule has 1 N–H and O–H groups in total. The fourth-order valence-corrected chi connectivity index (χ4v) is 2.28. The maximum absolute atomic E-state index is 13.0. The van der Waals surface area contributed by atoms with Gasteiger partial charge in [0.15, 0.2) is 5.82 Å². The molecule has 2 aromatic heterocycles. The minimum absolute atomic E-state index is 0. The van der Waals surface area contributed by atoms with Crippen LogP contribution in [0.15, 0.2) is 35.0 Å². The standard InChI is InChI=1S/C16H18FN5O.ClH/c1-10(18-3)8-15-20-16(23-21-15)14-9-19-22(11(14)2)13-6-4-12(17)5-7-13;/h4-7,9-10,18H,8H2,1-3H3;1H.